The molecule has 0 bridgehead atoms. The first kappa shape index (κ1) is 12.9. The van der Waals surface area contributed by atoms with Gasteiger partial charge in [-0.2, -0.15) is 0 Å². The molecule has 0 aliphatic heterocycles. The van der Waals surface area contributed by atoms with Gasteiger partial charge in [-0.05, 0) is 48.9 Å². The number of hydrogen-bond acceptors (Lipinski definition) is 2. The molecule has 0 heterocycles. The maximum Gasteiger partial charge on any atom is 0.132 e. The van der Waals surface area contributed by atoms with Crippen molar-refractivity contribution in [2.24, 2.45) is 0 Å². The zero-order chi connectivity index (χ0) is 12.1. The summed E-state index contributed by atoms with van der Waals surface area (Å²) in [6, 6.07) is 4.26. The molecule has 0 saturated carbocycles. The van der Waals surface area contributed by atoms with Gasteiger partial charge in [0.05, 0.1) is 7.11 Å². The Kier molecular flexibility index (Phi) is 4.69. The Morgan fingerprint density at radius 1 is 1.44 bits per heavy atom. The standard InChI is InChI=1S/C14H18OS/c1-6-7-10(2)12-9-14(16-5)13(15-4)8-11(12)3/h6-9H,1H2,2-5H3/b10-7-. The summed E-state index contributed by atoms with van der Waals surface area (Å²) in [5.41, 5.74) is 3.71. The normalized spacial score (nSPS) is 11.4. The van der Waals surface area contributed by atoms with E-state index in [4.69, 9.17) is 4.74 Å². The number of rotatable bonds is 4. The molecule has 1 nitrogen and oxygen atoms in total. The Bertz CT molecular complexity index is 419. The van der Waals surface area contributed by atoms with Crippen LogP contribution in [0.1, 0.15) is 18.1 Å². The van der Waals surface area contributed by atoms with Crippen molar-refractivity contribution >= 4 is 17.3 Å². The molecule has 0 spiro atoms. The molecule has 0 N–H and O–H groups in total. The number of allylic oxidation sites excluding steroid dienone is 3. The van der Waals surface area contributed by atoms with E-state index in [0.717, 1.165) is 5.75 Å². The highest BCUT2D eigenvalue weighted by Crippen LogP contribution is 2.33. The molecule has 1 rings (SSSR count). The predicted molar refractivity (Wildman–Crippen MR) is 73.4 cm³/mol. The van der Waals surface area contributed by atoms with Crippen molar-refractivity contribution < 1.29 is 4.74 Å². The fourth-order valence-electron chi connectivity index (χ4n) is 1.67. The largest absolute Gasteiger partial charge is 0.496 e. The minimum atomic E-state index is 0.945. The molecule has 1 aromatic carbocycles. The van der Waals surface area contributed by atoms with Gasteiger partial charge >= 0.3 is 0 Å². The van der Waals surface area contributed by atoms with E-state index in [2.05, 4.69) is 38.8 Å². The van der Waals surface area contributed by atoms with E-state index in [1.807, 2.05) is 12.2 Å². The van der Waals surface area contributed by atoms with Gasteiger partial charge in [0.25, 0.3) is 0 Å². The van der Waals surface area contributed by atoms with Crippen molar-refractivity contribution in [3.8, 4) is 5.75 Å². The zero-order valence-electron chi connectivity index (χ0n) is 10.3. The van der Waals surface area contributed by atoms with Crippen molar-refractivity contribution in [1.29, 1.82) is 0 Å². The Balaban J connectivity index is 3.31. The monoisotopic (exact) mass is 234 g/mol. The van der Waals surface area contributed by atoms with Crippen LogP contribution in [0.2, 0.25) is 0 Å². The second-order valence-electron chi connectivity index (χ2n) is 3.61. The third kappa shape index (κ3) is 2.70. The maximum absolute atomic E-state index is 5.35. The van der Waals surface area contributed by atoms with Gasteiger partial charge in [0.2, 0.25) is 0 Å². The van der Waals surface area contributed by atoms with Gasteiger partial charge in [-0.1, -0.05) is 18.7 Å². The smallest absolute Gasteiger partial charge is 0.132 e. The molecular weight excluding hydrogens is 216 g/mol. The van der Waals surface area contributed by atoms with Crippen LogP contribution in [0.25, 0.3) is 5.57 Å². The van der Waals surface area contributed by atoms with Gasteiger partial charge in [-0.15, -0.1) is 11.8 Å². The summed E-state index contributed by atoms with van der Waals surface area (Å²) >= 11 is 1.70. The molecule has 0 aliphatic rings. The highest BCUT2D eigenvalue weighted by molar-refractivity contribution is 7.98. The Labute approximate surface area is 102 Å². The fourth-order valence-corrected chi connectivity index (χ4v) is 2.25. The molecule has 16 heavy (non-hydrogen) atoms. The van der Waals surface area contributed by atoms with Crippen LogP contribution < -0.4 is 4.74 Å². The van der Waals surface area contributed by atoms with Gasteiger partial charge in [-0.25, -0.2) is 0 Å². The van der Waals surface area contributed by atoms with Gasteiger partial charge < -0.3 is 4.74 Å². The second kappa shape index (κ2) is 5.80. The van der Waals surface area contributed by atoms with Gasteiger partial charge in [-0.3, -0.25) is 0 Å². The number of hydrogen-bond donors (Lipinski definition) is 0. The van der Waals surface area contributed by atoms with Gasteiger partial charge in [0, 0.05) is 4.90 Å². The third-order valence-electron chi connectivity index (χ3n) is 2.52. The molecular formula is C14H18OS. The molecule has 0 aromatic heterocycles. The molecule has 0 aliphatic carbocycles. The van der Waals surface area contributed by atoms with Gasteiger partial charge in [0.15, 0.2) is 0 Å². The molecule has 0 atom stereocenters. The van der Waals surface area contributed by atoms with Crippen LogP contribution in [0.4, 0.5) is 0 Å². The molecule has 86 valence electrons. The highest BCUT2D eigenvalue weighted by atomic mass is 32.2. The minimum Gasteiger partial charge on any atom is -0.496 e. The first-order chi connectivity index (χ1) is 7.63. The van der Waals surface area contributed by atoms with E-state index in [0.29, 0.717) is 0 Å². The van der Waals surface area contributed by atoms with Crippen molar-refractivity contribution in [1.82, 2.24) is 0 Å². The SMILES string of the molecule is C=C/C=C(/C)c1cc(SC)c(OC)cc1C. The lowest BCUT2D eigenvalue weighted by molar-refractivity contribution is 0.404. The van der Waals surface area contributed by atoms with Crippen LogP contribution in [0.5, 0.6) is 5.75 Å². The van der Waals surface area contributed by atoms with Crippen LogP contribution in [0.3, 0.4) is 0 Å². The highest BCUT2D eigenvalue weighted by Gasteiger charge is 2.08. The molecule has 0 unspecified atom stereocenters. The number of methoxy groups -OCH3 is 1. The average molecular weight is 234 g/mol. The first-order valence-corrected chi connectivity index (χ1v) is 6.38. The number of benzene rings is 1. The molecule has 0 fully saturated rings. The quantitative estimate of drug-likeness (QED) is 0.567. The number of aryl methyl sites for hydroxylation is 1. The molecule has 0 saturated heterocycles. The molecule has 2 heteroatoms. The summed E-state index contributed by atoms with van der Waals surface area (Å²) < 4.78 is 5.35. The van der Waals surface area contributed by atoms with E-state index in [-0.39, 0.29) is 0 Å². The van der Waals surface area contributed by atoms with Crippen LogP contribution >= 0.6 is 11.8 Å². The van der Waals surface area contributed by atoms with E-state index in [1.165, 1.54) is 21.6 Å². The summed E-state index contributed by atoms with van der Waals surface area (Å²) in [6.45, 7) is 7.92. The van der Waals surface area contributed by atoms with Crippen LogP contribution in [-0.2, 0) is 0 Å². The van der Waals surface area contributed by atoms with E-state index >= 15 is 0 Å². The van der Waals surface area contributed by atoms with Crippen LogP contribution in [-0.4, -0.2) is 13.4 Å². The van der Waals surface area contributed by atoms with Crippen molar-refractivity contribution in [2.45, 2.75) is 18.7 Å². The summed E-state index contributed by atoms with van der Waals surface area (Å²) in [4.78, 5) is 1.17. The summed E-state index contributed by atoms with van der Waals surface area (Å²) in [7, 11) is 1.71. The summed E-state index contributed by atoms with van der Waals surface area (Å²) in [5, 5.41) is 0. The Hall–Kier alpha value is -1.15. The minimum absolute atomic E-state index is 0.945. The number of ether oxygens (including phenoxy) is 1. The molecule has 1 aromatic rings. The van der Waals surface area contributed by atoms with Crippen molar-refractivity contribution in [3.63, 3.8) is 0 Å². The average Bonchev–Trinajstić information content (AvgIpc) is 2.28. The van der Waals surface area contributed by atoms with Crippen molar-refractivity contribution in [2.75, 3.05) is 13.4 Å². The van der Waals surface area contributed by atoms with Gasteiger partial charge in [0.1, 0.15) is 5.75 Å². The van der Waals surface area contributed by atoms with Crippen LogP contribution in [0, 0.1) is 6.92 Å². The zero-order valence-corrected chi connectivity index (χ0v) is 11.1. The Morgan fingerprint density at radius 3 is 2.62 bits per heavy atom. The maximum atomic E-state index is 5.35. The summed E-state index contributed by atoms with van der Waals surface area (Å²) in [6.07, 6.45) is 5.90. The lowest BCUT2D eigenvalue weighted by Crippen LogP contribution is -1.92. The molecule has 0 radical (unpaired) electrons. The van der Waals surface area contributed by atoms with E-state index < -0.39 is 0 Å². The van der Waals surface area contributed by atoms with Crippen molar-refractivity contribution in [3.05, 3.63) is 42.0 Å². The second-order valence-corrected chi connectivity index (χ2v) is 4.46. The fraction of sp³-hybridized carbons (Fsp3) is 0.286. The lowest BCUT2D eigenvalue weighted by Gasteiger charge is -2.12. The topological polar surface area (TPSA) is 9.23 Å². The number of thioether (sulfide) groups is 1. The summed E-state index contributed by atoms with van der Waals surface area (Å²) in [5.74, 6) is 0.945. The van der Waals surface area contributed by atoms with E-state index in [9.17, 15) is 0 Å². The lowest BCUT2D eigenvalue weighted by atomic mass is 10.0. The first-order valence-electron chi connectivity index (χ1n) is 5.16. The molecule has 0 amide bonds. The third-order valence-corrected chi connectivity index (χ3v) is 3.28. The van der Waals surface area contributed by atoms with E-state index in [1.54, 1.807) is 18.9 Å². The Morgan fingerprint density at radius 2 is 2.12 bits per heavy atom. The van der Waals surface area contributed by atoms with Crippen LogP contribution in [0.15, 0.2) is 35.8 Å². The predicted octanol–water partition coefficient (Wildman–Crippen LogP) is 4.31.